The molecule has 1 aromatic rings. The van der Waals surface area contributed by atoms with Crippen molar-refractivity contribution < 1.29 is 14.6 Å². The van der Waals surface area contributed by atoms with E-state index in [1.165, 1.54) is 0 Å². The van der Waals surface area contributed by atoms with Gasteiger partial charge in [0.1, 0.15) is 17.9 Å². The summed E-state index contributed by atoms with van der Waals surface area (Å²) in [4.78, 5) is 11.0. The first-order valence-corrected chi connectivity index (χ1v) is 5.11. The number of carboxylic acids is 1. The van der Waals surface area contributed by atoms with E-state index in [0.29, 0.717) is 12.4 Å². The van der Waals surface area contributed by atoms with Crippen LogP contribution >= 0.6 is 0 Å². The molecule has 0 spiro atoms. The van der Waals surface area contributed by atoms with E-state index in [9.17, 15) is 4.79 Å². The number of carboxylic acid groups (broad SMARTS) is 1. The normalized spacial score (nSPS) is 9.69. The third kappa shape index (κ3) is 3.42. The van der Waals surface area contributed by atoms with Crippen molar-refractivity contribution in [3.05, 3.63) is 41.0 Å². The molecule has 0 fully saturated rings. The topological polar surface area (TPSA) is 46.5 Å². The molecule has 1 rings (SSSR count). The summed E-state index contributed by atoms with van der Waals surface area (Å²) in [5.74, 6) is -0.550. The van der Waals surface area contributed by atoms with Crippen LogP contribution in [0.5, 0.6) is 5.75 Å². The smallest absolute Gasteiger partial charge is 0.339 e. The van der Waals surface area contributed by atoms with Gasteiger partial charge in [-0.05, 0) is 39.0 Å². The molecule has 0 heterocycles. The second kappa shape index (κ2) is 5.35. The van der Waals surface area contributed by atoms with Crippen LogP contribution in [0.25, 0.3) is 0 Å². The van der Waals surface area contributed by atoms with E-state index in [-0.39, 0.29) is 5.56 Å². The molecule has 16 heavy (non-hydrogen) atoms. The summed E-state index contributed by atoms with van der Waals surface area (Å²) < 4.78 is 5.41. The van der Waals surface area contributed by atoms with Crippen LogP contribution in [0.2, 0.25) is 0 Å². The van der Waals surface area contributed by atoms with E-state index in [1.54, 1.807) is 12.1 Å². The van der Waals surface area contributed by atoms with Crippen LogP contribution in [0.15, 0.2) is 29.8 Å². The number of hydrogen-bond donors (Lipinski definition) is 1. The Labute approximate surface area is 95.4 Å². The van der Waals surface area contributed by atoms with E-state index < -0.39 is 5.97 Å². The highest BCUT2D eigenvalue weighted by Gasteiger charge is 2.10. The average Bonchev–Trinajstić information content (AvgIpc) is 2.19. The van der Waals surface area contributed by atoms with Gasteiger partial charge in [-0.3, -0.25) is 0 Å². The number of aromatic carboxylic acids is 1. The number of ether oxygens (including phenoxy) is 1. The largest absolute Gasteiger partial charge is 0.489 e. The molecule has 1 aromatic carbocycles. The Morgan fingerprint density at radius 1 is 1.44 bits per heavy atom. The van der Waals surface area contributed by atoms with Gasteiger partial charge in [0, 0.05) is 0 Å². The molecule has 0 saturated heterocycles. The van der Waals surface area contributed by atoms with Crippen molar-refractivity contribution in [1.29, 1.82) is 0 Å². The quantitative estimate of drug-likeness (QED) is 0.793. The Morgan fingerprint density at radius 2 is 2.12 bits per heavy atom. The van der Waals surface area contributed by atoms with Gasteiger partial charge >= 0.3 is 5.97 Å². The minimum atomic E-state index is -0.962. The molecular formula is C13H16O3. The van der Waals surface area contributed by atoms with Crippen molar-refractivity contribution in [1.82, 2.24) is 0 Å². The number of aryl methyl sites for hydroxylation is 1. The third-order valence-electron chi connectivity index (χ3n) is 2.10. The van der Waals surface area contributed by atoms with Crippen molar-refractivity contribution in [2.24, 2.45) is 0 Å². The van der Waals surface area contributed by atoms with Gasteiger partial charge in [0.05, 0.1) is 0 Å². The first-order chi connectivity index (χ1) is 7.50. The van der Waals surface area contributed by atoms with Gasteiger partial charge in [0.25, 0.3) is 0 Å². The molecule has 0 bridgehead atoms. The van der Waals surface area contributed by atoms with Crippen molar-refractivity contribution in [2.75, 3.05) is 6.61 Å². The molecule has 3 nitrogen and oxygen atoms in total. The molecule has 3 heteroatoms. The molecular weight excluding hydrogens is 204 g/mol. The zero-order chi connectivity index (χ0) is 12.1. The monoisotopic (exact) mass is 220 g/mol. The molecule has 0 aliphatic carbocycles. The van der Waals surface area contributed by atoms with E-state index >= 15 is 0 Å². The fourth-order valence-electron chi connectivity index (χ4n) is 1.23. The Hall–Kier alpha value is -1.77. The Bertz CT molecular complexity index is 415. The van der Waals surface area contributed by atoms with Crippen LogP contribution in [-0.2, 0) is 0 Å². The van der Waals surface area contributed by atoms with Gasteiger partial charge in [-0.2, -0.15) is 0 Å². The minimum absolute atomic E-state index is 0.210. The highest BCUT2D eigenvalue weighted by atomic mass is 16.5. The van der Waals surface area contributed by atoms with Crippen LogP contribution in [0.1, 0.15) is 29.8 Å². The van der Waals surface area contributed by atoms with Crippen LogP contribution in [0.3, 0.4) is 0 Å². The summed E-state index contributed by atoms with van der Waals surface area (Å²) in [5.41, 5.74) is 2.26. The van der Waals surface area contributed by atoms with Crippen LogP contribution in [-0.4, -0.2) is 17.7 Å². The molecule has 0 atom stereocenters. The summed E-state index contributed by atoms with van der Waals surface area (Å²) in [6, 6.07) is 5.14. The Kier molecular flexibility index (Phi) is 4.11. The predicted molar refractivity (Wildman–Crippen MR) is 63.1 cm³/mol. The predicted octanol–water partition coefficient (Wildman–Crippen LogP) is 3.04. The summed E-state index contributed by atoms with van der Waals surface area (Å²) in [6.07, 6.45) is 1.91. The van der Waals surface area contributed by atoms with Crippen molar-refractivity contribution >= 4 is 5.97 Å². The number of rotatable bonds is 4. The number of carbonyl (C=O) groups is 1. The van der Waals surface area contributed by atoms with E-state index in [2.05, 4.69) is 0 Å². The second-order valence-corrected chi connectivity index (χ2v) is 3.90. The van der Waals surface area contributed by atoms with Crippen molar-refractivity contribution in [3.8, 4) is 5.75 Å². The highest BCUT2D eigenvalue weighted by molar-refractivity contribution is 5.91. The molecule has 0 aromatic heterocycles. The maximum absolute atomic E-state index is 11.0. The maximum atomic E-state index is 11.0. The lowest BCUT2D eigenvalue weighted by molar-refractivity contribution is 0.0692. The number of hydrogen-bond acceptors (Lipinski definition) is 2. The van der Waals surface area contributed by atoms with E-state index in [4.69, 9.17) is 9.84 Å². The number of allylic oxidation sites excluding steroid dienone is 1. The zero-order valence-electron chi connectivity index (χ0n) is 9.78. The first-order valence-electron chi connectivity index (χ1n) is 5.11. The fraction of sp³-hybridized carbons (Fsp3) is 0.308. The molecule has 0 radical (unpaired) electrons. The van der Waals surface area contributed by atoms with Crippen LogP contribution in [0.4, 0.5) is 0 Å². The lowest BCUT2D eigenvalue weighted by Gasteiger charge is -2.08. The fourth-order valence-corrected chi connectivity index (χ4v) is 1.23. The lowest BCUT2D eigenvalue weighted by Crippen LogP contribution is -2.03. The van der Waals surface area contributed by atoms with Crippen LogP contribution < -0.4 is 4.74 Å². The average molecular weight is 220 g/mol. The Morgan fingerprint density at radius 3 is 2.69 bits per heavy atom. The standard InChI is InChI=1S/C13H16O3/c1-9(2)6-7-16-12-5-4-10(3)8-11(12)13(14)15/h4-6,8H,7H2,1-3H3,(H,14,15). The van der Waals surface area contributed by atoms with Gasteiger partial charge in [0.15, 0.2) is 0 Å². The van der Waals surface area contributed by atoms with Crippen molar-refractivity contribution in [2.45, 2.75) is 20.8 Å². The van der Waals surface area contributed by atoms with Gasteiger partial charge in [-0.1, -0.05) is 17.2 Å². The zero-order valence-corrected chi connectivity index (χ0v) is 9.78. The Balaban J connectivity index is 2.87. The van der Waals surface area contributed by atoms with E-state index in [1.807, 2.05) is 32.9 Å². The summed E-state index contributed by atoms with van der Waals surface area (Å²) in [5, 5.41) is 9.00. The highest BCUT2D eigenvalue weighted by Crippen LogP contribution is 2.20. The first kappa shape index (κ1) is 12.3. The molecule has 86 valence electrons. The molecule has 0 saturated carbocycles. The molecule has 1 N–H and O–H groups in total. The summed E-state index contributed by atoms with van der Waals surface area (Å²) in [7, 11) is 0. The molecule has 0 aliphatic rings. The lowest BCUT2D eigenvalue weighted by atomic mass is 10.1. The van der Waals surface area contributed by atoms with Crippen molar-refractivity contribution in [3.63, 3.8) is 0 Å². The van der Waals surface area contributed by atoms with Gasteiger partial charge in [0.2, 0.25) is 0 Å². The molecule has 0 aliphatic heterocycles. The summed E-state index contributed by atoms with van der Waals surface area (Å²) in [6.45, 7) is 6.19. The summed E-state index contributed by atoms with van der Waals surface area (Å²) >= 11 is 0. The van der Waals surface area contributed by atoms with Gasteiger partial charge in [-0.25, -0.2) is 4.79 Å². The number of benzene rings is 1. The molecule has 0 amide bonds. The maximum Gasteiger partial charge on any atom is 0.339 e. The third-order valence-corrected chi connectivity index (χ3v) is 2.10. The SMILES string of the molecule is CC(C)=CCOc1ccc(C)cc1C(=O)O. The van der Waals surface area contributed by atoms with Crippen LogP contribution in [0, 0.1) is 6.92 Å². The van der Waals surface area contributed by atoms with E-state index in [0.717, 1.165) is 11.1 Å². The van der Waals surface area contributed by atoms with Gasteiger partial charge in [-0.15, -0.1) is 0 Å². The van der Waals surface area contributed by atoms with Gasteiger partial charge < -0.3 is 9.84 Å². The molecule has 0 unspecified atom stereocenters. The second-order valence-electron chi connectivity index (χ2n) is 3.90. The minimum Gasteiger partial charge on any atom is -0.489 e.